The number of aromatic amines is 1. The Balaban J connectivity index is 1.25. The summed E-state index contributed by atoms with van der Waals surface area (Å²) in [5.41, 5.74) is 6.59. The molecule has 4 atom stereocenters. The zero-order valence-corrected chi connectivity index (χ0v) is 23.0. The van der Waals surface area contributed by atoms with Crippen LogP contribution in [0.2, 0.25) is 0 Å². The minimum atomic E-state index is -0.835. The molecular formula is C33H37N3O4. The monoisotopic (exact) mass is 539 g/mol. The van der Waals surface area contributed by atoms with Crippen LogP contribution >= 0.6 is 0 Å². The van der Waals surface area contributed by atoms with Gasteiger partial charge < -0.3 is 20.5 Å². The number of aromatic nitrogens is 1. The van der Waals surface area contributed by atoms with Crippen molar-refractivity contribution in [3.05, 3.63) is 107 Å². The molecule has 0 bridgehead atoms. The van der Waals surface area contributed by atoms with Gasteiger partial charge in [0.2, 0.25) is 5.91 Å². The van der Waals surface area contributed by atoms with E-state index in [1.165, 1.54) is 5.56 Å². The molecule has 4 aromatic rings. The number of nitrogens with zero attached hydrogens (tertiary/aromatic N) is 1. The van der Waals surface area contributed by atoms with E-state index in [1.807, 2.05) is 48.7 Å². The molecule has 40 heavy (non-hydrogen) atoms. The molecule has 0 radical (unpaired) electrons. The minimum absolute atomic E-state index is 0.223. The summed E-state index contributed by atoms with van der Waals surface area (Å²) in [7, 11) is 0. The molecule has 1 aliphatic heterocycles. The average Bonchev–Trinajstić information content (AvgIpc) is 3.55. The Morgan fingerprint density at radius 2 is 1.73 bits per heavy atom. The number of carbonyl (C=O) groups excluding carboxylic acids is 1. The Bertz CT molecular complexity index is 1440. The summed E-state index contributed by atoms with van der Waals surface area (Å²) >= 11 is 0. The Morgan fingerprint density at radius 3 is 2.40 bits per heavy atom. The highest BCUT2D eigenvalue weighted by Crippen LogP contribution is 2.31. The van der Waals surface area contributed by atoms with E-state index in [-0.39, 0.29) is 12.5 Å². The highest BCUT2D eigenvalue weighted by molar-refractivity contribution is 5.84. The first kappa shape index (κ1) is 27.8. The normalized spacial score (nSPS) is 20.4. The van der Waals surface area contributed by atoms with Gasteiger partial charge in [-0.15, -0.1) is 0 Å². The largest absolute Gasteiger partial charge is 0.396 e. The van der Waals surface area contributed by atoms with Crippen molar-refractivity contribution in [2.45, 2.75) is 45.1 Å². The van der Waals surface area contributed by atoms with Crippen LogP contribution in [-0.2, 0) is 22.6 Å². The van der Waals surface area contributed by atoms with Crippen LogP contribution in [0.4, 0.5) is 0 Å². The van der Waals surface area contributed by atoms with Crippen LogP contribution in [0.25, 0.3) is 23.1 Å². The minimum Gasteiger partial charge on any atom is -0.396 e. The van der Waals surface area contributed by atoms with Gasteiger partial charge in [0.25, 0.3) is 0 Å². The molecule has 7 nitrogen and oxygen atoms in total. The van der Waals surface area contributed by atoms with Gasteiger partial charge in [-0.2, -0.15) is 5.06 Å². The van der Waals surface area contributed by atoms with Gasteiger partial charge in [0.1, 0.15) is 12.1 Å². The van der Waals surface area contributed by atoms with E-state index in [9.17, 15) is 15.0 Å². The third kappa shape index (κ3) is 6.35. The van der Waals surface area contributed by atoms with Crippen LogP contribution in [-0.4, -0.2) is 57.6 Å². The number of benzene rings is 3. The van der Waals surface area contributed by atoms with Gasteiger partial charge >= 0.3 is 0 Å². The second-order valence-electron chi connectivity index (χ2n) is 10.6. The van der Waals surface area contributed by atoms with E-state index in [1.54, 1.807) is 12.0 Å². The van der Waals surface area contributed by atoms with Crippen molar-refractivity contribution in [2.75, 3.05) is 13.2 Å². The molecule has 2 heterocycles. The van der Waals surface area contributed by atoms with Crippen LogP contribution < -0.4 is 5.32 Å². The fourth-order valence-electron chi connectivity index (χ4n) is 5.35. The number of fused-ring (bicyclic) bond motifs is 1. The Kier molecular flexibility index (Phi) is 8.77. The first-order chi connectivity index (χ1) is 19.4. The van der Waals surface area contributed by atoms with Crippen LogP contribution in [0, 0.1) is 12.8 Å². The third-order valence-electron chi connectivity index (χ3n) is 7.58. The SMILES string of the molecule is Cc1ccc(/C=C/c2ccc(CN3O[C@H]([C@@H](C)O)[C@H](CO)[C@@H]3C(=O)NCCc3c[nH]c4ccccc34)cc2)cc1. The second-order valence-corrected chi connectivity index (χ2v) is 10.6. The molecule has 0 saturated carbocycles. The van der Waals surface area contributed by atoms with Crippen LogP contribution in [0.15, 0.2) is 79.0 Å². The summed E-state index contributed by atoms with van der Waals surface area (Å²) in [6.45, 7) is 4.22. The average molecular weight is 540 g/mol. The number of carbonyl (C=O) groups is 1. The quantitative estimate of drug-likeness (QED) is 0.223. The van der Waals surface area contributed by atoms with Crippen molar-refractivity contribution in [3.63, 3.8) is 0 Å². The number of nitrogens with one attached hydrogen (secondary N) is 2. The third-order valence-corrected chi connectivity index (χ3v) is 7.58. The Morgan fingerprint density at radius 1 is 1.05 bits per heavy atom. The van der Waals surface area contributed by atoms with Crippen molar-refractivity contribution in [1.29, 1.82) is 0 Å². The number of H-pyrrole nitrogens is 1. The maximum Gasteiger partial charge on any atom is 0.240 e. The molecule has 1 saturated heterocycles. The van der Waals surface area contributed by atoms with Gasteiger partial charge in [-0.1, -0.05) is 84.4 Å². The van der Waals surface area contributed by atoms with Crippen molar-refractivity contribution in [3.8, 4) is 0 Å². The summed E-state index contributed by atoms with van der Waals surface area (Å²) in [4.78, 5) is 22.8. The molecule has 208 valence electrons. The number of aliphatic hydroxyl groups excluding tert-OH is 2. The van der Waals surface area contributed by atoms with Gasteiger partial charge in [-0.05, 0) is 48.6 Å². The molecule has 4 N–H and O–H groups in total. The molecule has 0 spiro atoms. The number of aliphatic hydroxyl groups is 2. The van der Waals surface area contributed by atoms with E-state index in [0.717, 1.165) is 33.2 Å². The summed E-state index contributed by atoms with van der Waals surface area (Å²) in [6.07, 6.45) is 5.28. The highest BCUT2D eigenvalue weighted by atomic mass is 16.7. The topological polar surface area (TPSA) is 97.8 Å². The molecule has 1 aliphatic rings. The number of rotatable bonds is 10. The molecule has 0 aliphatic carbocycles. The lowest BCUT2D eigenvalue weighted by molar-refractivity contribution is -0.192. The number of hydrogen-bond donors (Lipinski definition) is 4. The number of hydroxylamine groups is 2. The lowest BCUT2D eigenvalue weighted by Gasteiger charge is -2.24. The van der Waals surface area contributed by atoms with Crippen LogP contribution in [0.3, 0.4) is 0 Å². The molecule has 1 amide bonds. The van der Waals surface area contributed by atoms with E-state index in [4.69, 9.17) is 4.84 Å². The number of hydrogen-bond acceptors (Lipinski definition) is 5. The molecular weight excluding hydrogens is 502 g/mol. The maximum atomic E-state index is 13.4. The predicted molar refractivity (Wildman–Crippen MR) is 158 cm³/mol. The van der Waals surface area contributed by atoms with E-state index in [0.29, 0.717) is 19.5 Å². The van der Waals surface area contributed by atoms with Gasteiger partial charge in [0.15, 0.2) is 0 Å². The summed E-state index contributed by atoms with van der Waals surface area (Å²) in [5.74, 6) is -0.774. The van der Waals surface area contributed by atoms with Gasteiger partial charge in [-0.3, -0.25) is 9.63 Å². The molecule has 0 unspecified atom stereocenters. The van der Waals surface area contributed by atoms with Crippen LogP contribution in [0.1, 0.15) is 34.7 Å². The summed E-state index contributed by atoms with van der Waals surface area (Å²) in [5, 5.41) is 26.3. The number of aryl methyl sites for hydroxylation is 1. The number of amides is 1. The van der Waals surface area contributed by atoms with Gasteiger partial charge in [-0.25, -0.2) is 0 Å². The fourth-order valence-corrected chi connectivity index (χ4v) is 5.35. The van der Waals surface area contributed by atoms with E-state index in [2.05, 4.69) is 59.7 Å². The van der Waals surface area contributed by atoms with Crippen molar-refractivity contribution in [2.24, 2.45) is 5.92 Å². The zero-order chi connectivity index (χ0) is 28.1. The maximum absolute atomic E-state index is 13.4. The first-order valence-electron chi connectivity index (χ1n) is 13.8. The lowest BCUT2D eigenvalue weighted by Crippen LogP contribution is -2.48. The summed E-state index contributed by atoms with van der Waals surface area (Å²) in [6, 6.07) is 23.8. The first-order valence-corrected chi connectivity index (χ1v) is 13.8. The van der Waals surface area contributed by atoms with Crippen molar-refractivity contribution >= 4 is 29.0 Å². The van der Waals surface area contributed by atoms with Gasteiger partial charge in [0, 0.05) is 29.6 Å². The summed E-state index contributed by atoms with van der Waals surface area (Å²) < 4.78 is 0. The van der Waals surface area contributed by atoms with Gasteiger partial charge in [0.05, 0.1) is 19.3 Å². The fraction of sp³-hybridized carbons (Fsp3) is 0.303. The molecule has 7 heteroatoms. The zero-order valence-electron chi connectivity index (χ0n) is 23.0. The van der Waals surface area contributed by atoms with Crippen LogP contribution in [0.5, 0.6) is 0 Å². The molecule has 1 aromatic heterocycles. The molecule has 5 rings (SSSR count). The van der Waals surface area contributed by atoms with E-state index < -0.39 is 24.2 Å². The molecule has 3 aromatic carbocycles. The standard InChI is InChI=1S/C33H37N3O4/c1-22-7-9-24(10-8-22)11-12-25-13-15-26(16-14-25)20-36-31(29(21-37)32(40-36)23(2)38)33(39)34-18-17-27-19-35-30-6-4-3-5-28(27)30/h3-16,19,23,29,31-32,35,37-38H,17-18,20-21H2,1-2H3,(H,34,39)/b12-11+/t23-,29-,31-,32-/m1/s1. The predicted octanol–water partition coefficient (Wildman–Crippen LogP) is 4.48. The molecule has 1 fully saturated rings. The number of para-hydroxylation sites is 1. The smallest absolute Gasteiger partial charge is 0.240 e. The lowest BCUT2D eigenvalue weighted by atomic mass is 9.92. The Hall–Kier alpha value is -3.75. The van der Waals surface area contributed by atoms with E-state index >= 15 is 0 Å². The van der Waals surface area contributed by atoms with Crippen molar-refractivity contribution < 1.29 is 19.8 Å². The Labute approximate surface area is 235 Å². The second kappa shape index (κ2) is 12.6. The van der Waals surface area contributed by atoms with Crippen molar-refractivity contribution in [1.82, 2.24) is 15.4 Å². The highest BCUT2D eigenvalue weighted by Gasteiger charge is 2.48.